The Labute approximate surface area is 113 Å². The van der Waals surface area contributed by atoms with E-state index in [1.807, 2.05) is 6.07 Å². The van der Waals surface area contributed by atoms with Gasteiger partial charge in [0.1, 0.15) is 0 Å². The van der Waals surface area contributed by atoms with Crippen molar-refractivity contribution in [1.29, 1.82) is 5.26 Å². The minimum Gasteiger partial charge on any atom is -0.312 e. The van der Waals surface area contributed by atoms with Crippen molar-refractivity contribution in [2.45, 2.75) is 6.42 Å². The van der Waals surface area contributed by atoms with Gasteiger partial charge in [-0.25, -0.2) is 0 Å². The second kappa shape index (κ2) is 5.07. The first kappa shape index (κ1) is 12.4. The number of carbonyl (C=O) groups excluding carboxylic acids is 1. The van der Waals surface area contributed by atoms with Gasteiger partial charge < -0.3 is 4.90 Å². The molecule has 5 heteroatoms. The topological polar surface area (TPSA) is 44.1 Å². The summed E-state index contributed by atoms with van der Waals surface area (Å²) >= 11 is 9.32. The Hall–Kier alpha value is -1.05. The quantitative estimate of drug-likeness (QED) is 0.788. The van der Waals surface area contributed by atoms with Gasteiger partial charge in [-0.05, 0) is 24.1 Å². The summed E-state index contributed by atoms with van der Waals surface area (Å²) in [6.07, 6.45) is 0.541. The summed E-state index contributed by atoms with van der Waals surface area (Å²) in [5.74, 6) is 0.410. The first-order valence-electron chi connectivity index (χ1n) is 5.21. The van der Waals surface area contributed by atoms with Crippen LogP contribution < -0.4 is 4.90 Å². The van der Waals surface area contributed by atoms with Crippen molar-refractivity contribution in [3.05, 3.63) is 28.8 Å². The molecule has 0 radical (unpaired) electrons. The van der Waals surface area contributed by atoms with E-state index in [0.29, 0.717) is 35.2 Å². The lowest BCUT2D eigenvalue weighted by Gasteiger charge is -2.17. The molecule has 0 bridgehead atoms. The molecule has 0 aromatic heterocycles. The van der Waals surface area contributed by atoms with Crippen LogP contribution in [0.15, 0.2) is 18.2 Å². The van der Waals surface area contributed by atoms with E-state index >= 15 is 0 Å². The van der Waals surface area contributed by atoms with Crippen molar-refractivity contribution in [2.24, 2.45) is 5.92 Å². The zero-order valence-corrected chi connectivity index (χ0v) is 11.3. The summed E-state index contributed by atoms with van der Waals surface area (Å²) in [7, 11) is 0. The monoisotopic (exact) mass is 312 g/mol. The van der Waals surface area contributed by atoms with Crippen LogP contribution in [0.2, 0.25) is 5.02 Å². The number of hydrogen-bond donors (Lipinski definition) is 0. The third kappa shape index (κ3) is 2.62. The number of halogens is 2. The molecular formula is C12H10BrClN2O. The van der Waals surface area contributed by atoms with E-state index < -0.39 is 0 Å². The summed E-state index contributed by atoms with van der Waals surface area (Å²) < 4.78 is 0. The van der Waals surface area contributed by atoms with Gasteiger partial charge in [-0.3, -0.25) is 4.79 Å². The van der Waals surface area contributed by atoms with Gasteiger partial charge in [-0.15, -0.1) is 0 Å². The van der Waals surface area contributed by atoms with Crippen LogP contribution in [0.3, 0.4) is 0 Å². The highest BCUT2D eigenvalue weighted by atomic mass is 79.9. The minimum absolute atomic E-state index is 0.0839. The van der Waals surface area contributed by atoms with E-state index in [2.05, 4.69) is 15.9 Å². The molecule has 3 nitrogen and oxygen atoms in total. The van der Waals surface area contributed by atoms with E-state index in [9.17, 15) is 4.79 Å². The fraction of sp³-hybridized carbons (Fsp3) is 0.333. The number of carbonyl (C=O) groups is 1. The molecule has 1 aromatic rings. The van der Waals surface area contributed by atoms with Crippen LogP contribution in [0.25, 0.3) is 0 Å². The van der Waals surface area contributed by atoms with Crippen molar-refractivity contribution < 1.29 is 4.79 Å². The van der Waals surface area contributed by atoms with Crippen molar-refractivity contribution in [3.8, 4) is 6.07 Å². The average molecular weight is 314 g/mol. The maximum absolute atomic E-state index is 11.8. The van der Waals surface area contributed by atoms with Gasteiger partial charge in [-0.2, -0.15) is 5.26 Å². The summed E-state index contributed by atoms with van der Waals surface area (Å²) in [6, 6.07) is 7.04. The summed E-state index contributed by atoms with van der Waals surface area (Å²) in [5, 5.41) is 10.2. The van der Waals surface area contributed by atoms with E-state index in [4.69, 9.17) is 16.9 Å². The molecule has 1 aliphatic rings. The van der Waals surface area contributed by atoms with Gasteiger partial charge in [-0.1, -0.05) is 27.5 Å². The summed E-state index contributed by atoms with van der Waals surface area (Å²) in [6.45, 7) is 0.676. The lowest BCUT2D eigenvalue weighted by atomic mass is 10.1. The lowest BCUT2D eigenvalue weighted by molar-refractivity contribution is -0.117. The molecule has 0 saturated carbocycles. The van der Waals surface area contributed by atoms with Gasteiger partial charge in [0, 0.05) is 29.0 Å². The maximum Gasteiger partial charge on any atom is 0.227 e. The number of amides is 1. The standard InChI is InChI=1S/C12H10BrClN2O/c13-5-9-3-12(17)16(7-9)11-2-8(6-15)1-10(14)4-11/h1-2,4,9H,3,5,7H2. The number of nitriles is 1. The largest absolute Gasteiger partial charge is 0.312 e. The number of alkyl halides is 1. The number of nitrogens with zero attached hydrogens (tertiary/aromatic N) is 2. The second-order valence-electron chi connectivity index (χ2n) is 4.04. The molecule has 88 valence electrons. The molecule has 0 N–H and O–H groups in total. The van der Waals surface area contributed by atoms with E-state index in [1.165, 1.54) is 0 Å². The van der Waals surface area contributed by atoms with Crippen molar-refractivity contribution in [1.82, 2.24) is 0 Å². The predicted molar refractivity (Wildman–Crippen MR) is 70.4 cm³/mol. The fourth-order valence-corrected chi connectivity index (χ4v) is 2.59. The van der Waals surface area contributed by atoms with E-state index in [1.54, 1.807) is 23.1 Å². The first-order chi connectivity index (χ1) is 8.13. The average Bonchev–Trinajstić information content (AvgIpc) is 2.69. The van der Waals surface area contributed by atoms with Crippen LogP contribution in [0, 0.1) is 17.2 Å². The fourth-order valence-electron chi connectivity index (χ4n) is 1.93. The highest BCUT2D eigenvalue weighted by molar-refractivity contribution is 9.09. The third-order valence-corrected chi connectivity index (χ3v) is 3.88. The Kier molecular flexibility index (Phi) is 3.70. The SMILES string of the molecule is N#Cc1cc(Cl)cc(N2CC(CBr)CC2=O)c1. The molecule has 1 heterocycles. The molecule has 17 heavy (non-hydrogen) atoms. The Morgan fingerprint density at radius 2 is 2.29 bits per heavy atom. The second-order valence-corrected chi connectivity index (χ2v) is 5.12. The molecule has 0 spiro atoms. The van der Waals surface area contributed by atoms with Crippen LogP contribution >= 0.6 is 27.5 Å². The molecule has 1 amide bonds. The highest BCUT2D eigenvalue weighted by Crippen LogP contribution is 2.29. The number of rotatable bonds is 2. The molecule has 1 aliphatic heterocycles. The van der Waals surface area contributed by atoms with Gasteiger partial charge in [0.05, 0.1) is 11.6 Å². The Morgan fingerprint density at radius 1 is 1.53 bits per heavy atom. The molecule has 1 fully saturated rings. The molecular weight excluding hydrogens is 304 g/mol. The van der Waals surface area contributed by atoms with Crippen molar-refractivity contribution >= 4 is 39.1 Å². The van der Waals surface area contributed by atoms with Gasteiger partial charge in [0.25, 0.3) is 0 Å². The number of hydrogen-bond acceptors (Lipinski definition) is 2. The van der Waals surface area contributed by atoms with Crippen molar-refractivity contribution in [2.75, 3.05) is 16.8 Å². The molecule has 1 saturated heterocycles. The Morgan fingerprint density at radius 3 is 2.88 bits per heavy atom. The number of anilines is 1. The summed E-state index contributed by atoms with van der Waals surface area (Å²) in [4.78, 5) is 13.5. The first-order valence-corrected chi connectivity index (χ1v) is 6.71. The highest BCUT2D eigenvalue weighted by Gasteiger charge is 2.30. The van der Waals surface area contributed by atoms with Crippen LogP contribution in [-0.2, 0) is 4.79 Å². The Balaban J connectivity index is 2.32. The van der Waals surface area contributed by atoms with Crippen LogP contribution in [0.1, 0.15) is 12.0 Å². The van der Waals surface area contributed by atoms with Crippen LogP contribution in [-0.4, -0.2) is 17.8 Å². The zero-order valence-electron chi connectivity index (χ0n) is 8.99. The normalized spacial score (nSPS) is 19.5. The van der Waals surface area contributed by atoms with E-state index in [-0.39, 0.29) is 5.91 Å². The van der Waals surface area contributed by atoms with Crippen LogP contribution in [0.5, 0.6) is 0 Å². The summed E-state index contributed by atoms with van der Waals surface area (Å²) in [5.41, 5.74) is 1.19. The predicted octanol–water partition coefficient (Wildman–Crippen LogP) is 2.96. The molecule has 1 atom stereocenters. The van der Waals surface area contributed by atoms with E-state index in [0.717, 1.165) is 5.33 Å². The van der Waals surface area contributed by atoms with Crippen LogP contribution in [0.4, 0.5) is 5.69 Å². The lowest BCUT2D eigenvalue weighted by Crippen LogP contribution is -2.24. The zero-order chi connectivity index (χ0) is 12.4. The molecule has 0 aliphatic carbocycles. The number of benzene rings is 1. The smallest absolute Gasteiger partial charge is 0.227 e. The molecule has 1 aromatic carbocycles. The van der Waals surface area contributed by atoms with Gasteiger partial charge in [0.15, 0.2) is 0 Å². The van der Waals surface area contributed by atoms with Gasteiger partial charge in [0.2, 0.25) is 5.91 Å². The molecule has 2 rings (SSSR count). The van der Waals surface area contributed by atoms with Crippen molar-refractivity contribution in [3.63, 3.8) is 0 Å². The Bertz CT molecular complexity index is 498. The maximum atomic E-state index is 11.8. The minimum atomic E-state index is 0.0839. The third-order valence-electron chi connectivity index (χ3n) is 2.75. The molecule has 1 unspecified atom stereocenters. The van der Waals surface area contributed by atoms with Gasteiger partial charge >= 0.3 is 0 Å².